The van der Waals surface area contributed by atoms with Gasteiger partial charge in [-0.25, -0.2) is 0 Å². The highest BCUT2D eigenvalue weighted by molar-refractivity contribution is 6.06. The molecule has 2 aliphatic rings. The third kappa shape index (κ3) is 0.951. The van der Waals surface area contributed by atoms with E-state index in [1.54, 1.807) is 19.1 Å². The second-order valence-corrected chi connectivity index (χ2v) is 3.44. The number of hydrogen-bond donors (Lipinski definition) is 0. The molecule has 0 aromatic heterocycles. The number of carbonyl (C=O) groups is 2. The molecule has 13 heavy (non-hydrogen) atoms. The Bertz CT molecular complexity index is 307. The smallest absolute Gasteiger partial charge is 0.319 e. The van der Waals surface area contributed by atoms with Gasteiger partial charge in [0, 0.05) is 0 Å². The molecule has 2 aliphatic heterocycles. The number of esters is 1. The standard InChI is InChI=1S/C9H10O4/c1-9-4-3-5(13-9)7(10)6(9)8(11)12-2/h3-6H,1-2H3/t5-,6-,9-/m1/s1. The fourth-order valence-electron chi connectivity index (χ4n) is 1.86. The van der Waals surface area contributed by atoms with Crippen LogP contribution in [0.2, 0.25) is 0 Å². The summed E-state index contributed by atoms with van der Waals surface area (Å²) in [6.45, 7) is 1.72. The lowest BCUT2D eigenvalue weighted by atomic mass is 9.83. The Hall–Kier alpha value is -1.16. The number of methoxy groups -OCH3 is 1. The van der Waals surface area contributed by atoms with Crippen molar-refractivity contribution in [2.24, 2.45) is 5.92 Å². The predicted molar refractivity (Wildman–Crippen MR) is 42.9 cm³/mol. The summed E-state index contributed by atoms with van der Waals surface area (Å²) in [5, 5.41) is 0. The number of hydrogen-bond acceptors (Lipinski definition) is 4. The van der Waals surface area contributed by atoms with E-state index in [0.29, 0.717) is 0 Å². The molecule has 0 aliphatic carbocycles. The summed E-state index contributed by atoms with van der Waals surface area (Å²) in [4.78, 5) is 22.8. The third-order valence-electron chi connectivity index (χ3n) is 2.56. The maximum absolute atomic E-state index is 11.5. The molecule has 2 heterocycles. The zero-order valence-electron chi connectivity index (χ0n) is 7.44. The van der Waals surface area contributed by atoms with E-state index in [0.717, 1.165) is 0 Å². The monoisotopic (exact) mass is 182 g/mol. The fourth-order valence-corrected chi connectivity index (χ4v) is 1.86. The van der Waals surface area contributed by atoms with Crippen molar-refractivity contribution in [1.82, 2.24) is 0 Å². The van der Waals surface area contributed by atoms with Crippen molar-refractivity contribution in [1.29, 1.82) is 0 Å². The van der Waals surface area contributed by atoms with E-state index >= 15 is 0 Å². The minimum absolute atomic E-state index is 0.197. The lowest BCUT2D eigenvalue weighted by Gasteiger charge is -2.21. The van der Waals surface area contributed by atoms with Gasteiger partial charge in [-0.1, -0.05) is 6.08 Å². The van der Waals surface area contributed by atoms with Crippen molar-refractivity contribution in [3.05, 3.63) is 12.2 Å². The molecule has 0 saturated carbocycles. The van der Waals surface area contributed by atoms with E-state index in [-0.39, 0.29) is 5.78 Å². The largest absolute Gasteiger partial charge is 0.468 e. The zero-order chi connectivity index (χ0) is 9.64. The maximum atomic E-state index is 11.5. The Morgan fingerprint density at radius 3 is 2.85 bits per heavy atom. The van der Waals surface area contributed by atoms with Gasteiger partial charge in [0.05, 0.1) is 7.11 Å². The van der Waals surface area contributed by atoms with Crippen LogP contribution < -0.4 is 0 Å². The van der Waals surface area contributed by atoms with E-state index in [2.05, 4.69) is 4.74 Å². The molecule has 4 heteroatoms. The third-order valence-corrected chi connectivity index (χ3v) is 2.56. The quantitative estimate of drug-likeness (QED) is 0.327. The van der Waals surface area contributed by atoms with Crippen LogP contribution in [0.5, 0.6) is 0 Å². The highest BCUT2D eigenvalue weighted by atomic mass is 16.5. The molecule has 0 N–H and O–H groups in total. The van der Waals surface area contributed by atoms with Gasteiger partial charge in [-0.2, -0.15) is 0 Å². The van der Waals surface area contributed by atoms with Crippen molar-refractivity contribution >= 4 is 11.8 Å². The topological polar surface area (TPSA) is 52.6 Å². The van der Waals surface area contributed by atoms with Gasteiger partial charge in [-0.15, -0.1) is 0 Å². The fraction of sp³-hybridized carbons (Fsp3) is 0.556. The first-order valence-corrected chi connectivity index (χ1v) is 4.07. The Morgan fingerprint density at radius 1 is 1.69 bits per heavy atom. The van der Waals surface area contributed by atoms with Gasteiger partial charge >= 0.3 is 5.97 Å². The van der Waals surface area contributed by atoms with Gasteiger partial charge in [-0.05, 0) is 13.0 Å². The first kappa shape index (κ1) is 8.44. The van der Waals surface area contributed by atoms with Crippen LogP contribution in [0.3, 0.4) is 0 Å². The average Bonchev–Trinajstić information content (AvgIpc) is 2.57. The molecule has 0 spiro atoms. The van der Waals surface area contributed by atoms with Crippen LogP contribution >= 0.6 is 0 Å². The average molecular weight is 182 g/mol. The molecule has 2 rings (SSSR count). The molecule has 2 bridgehead atoms. The van der Waals surface area contributed by atoms with E-state index in [1.807, 2.05) is 0 Å². The molecule has 0 aromatic carbocycles. The summed E-state index contributed by atoms with van der Waals surface area (Å²) in [5.74, 6) is -1.50. The molecule has 70 valence electrons. The molecule has 1 saturated heterocycles. The molecule has 0 aromatic rings. The molecule has 0 radical (unpaired) electrons. The van der Waals surface area contributed by atoms with Crippen LogP contribution in [-0.2, 0) is 19.1 Å². The second kappa shape index (κ2) is 2.42. The SMILES string of the molecule is COC(=O)[C@H]1C(=O)[C@H]2C=C[C@@]1(C)O2. The predicted octanol–water partition coefficient (Wildman–Crippen LogP) is 0.0720. The van der Waals surface area contributed by atoms with Gasteiger partial charge in [0.25, 0.3) is 0 Å². The second-order valence-electron chi connectivity index (χ2n) is 3.44. The maximum Gasteiger partial charge on any atom is 0.319 e. The summed E-state index contributed by atoms with van der Waals surface area (Å²) in [6, 6.07) is 0. The lowest BCUT2D eigenvalue weighted by molar-refractivity contribution is -0.151. The molecule has 4 nitrogen and oxygen atoms in total. The van der Waals surface area contributed by atoms with Crippen molar-refractivity contribution in [3.63, 3.8) is 0 Å². The van der Waals surface area contributed by atoms with Crippen molar-refractivity contribution in [2.45, 2.75) is 18.6 Å². The Morgan fingerprint density at radius 2 is 2.38 bits per heavy atom. The van der Waals surface area contributed by atoms with E-state index in [9.17, 15) is 9.59 Å². The van der Waals surface area contributed by atoms with E-state index in [1.165, 1.54) is 7.11 Å². The van der Waals surface area contributed by atoms with Crippen LogP contribution in [-0.4, -0.2) is 30.6 Å². The number of carbonyl (C=O) groups excluding carboxylic acids is 2. The first-order chi connectivity index (χ1) is 6.08. The highest BCUT2D eigenvalue weighted by Crippen LogP contribution is 2.40. The van der Waals surface area contributed by atoms with Gasteiger partial charge in [-0.3, -0.25) is 9.59 Å². The van der Waals surface area contributed by atoms with Crippen LogP contribution in [0.1, 0.15) is 6.92 Å². The van der Waals surface area contributed by atoms with Crippen LogP contribution in [0.4, 0.5) is 0 Å². The number of ether oxygens (including phenoxy) is 2. The first-order valence-electron chi connectivity index (χ1n) is 4.07. The number of fused-ring (bicyclic) bond motifs is 2. The summed E-state index contributed by atoms with van der Waals surface area (Å²) < 4.78 is 9.89. The lowest BCUT2D eigenvalue weighted by Crippen LogP contribution is -2.39. The van der Waals surface area contributed by atoms with Crippen LogP contribution in [0, 0.1) is 5.92 Å². The minimum Gasteiger partial charge on any atom is -0.468 e. The van der Waals surface area contributed by atoms with Crippen molar-refractivity contribution < 1.29 is 19.1 Å². The minimum atomic E-state index is -0.785. The highest BCUT2D eigenvalue weighted by Gasteiger charge is 2.57. The summed E-state index contributed by atoms with van der Waals surface area (Å²) in [6.07, 6.45) is 2.89. The molecular weight excluding hydrogens is 172 g/mol. The van der Waals surface area contributed by atoms with E-state index < -0.39 is 23.6 Å². The Kier molecular flexibility index (Phi) is 1.57. The molecule has 0 amide bonds. The number of Topliss-reactive ketones (excluding diaryl/α,β-unsaturated/α-hetero) is 1. The number of ketones is 1. The molecule has 3 atom stereocenters. The van der Waals surface area contributed by atoms with Gasteiger partial charge in [0.2, 0.25) is 0 Å². The molecule has 0 unspecified atom stereocenters. The normalized spacial score (nSPS) is 41.2. The molecule has 1 fully saturated rings. The van der Waals surface area contributed by atoms with Crippen LogP contribution in [0.15, 0.2) is 12.2 Å². The van der Waals surface area contributed by atoms with Gasteiger partial charge < -0.3 is 9.47 Å². The zero-order valence-corrected chi connectivity index (χ0v) is 7.44. The Balaban J connectivity index is 2.35. The van der Waals surface area contributed by atoms with Gasteiger partial charge in [0.1, 0.15) is 11.7 Å². The summed E-state index contributed by atoms with van der Waals surface area (Å²) in [5.41, 5.74) is -0.783. The van der Waals surface area contributed by atoms with E-state index in [4.69, 9.17) is 4.74 Å². The Labute approximate surface area is 75.5 Å². The van der Waals surface area contributed by atoms with Gasteiger partial charge in [0.15, 0.2) is 11.7 Å². The summed E-state index contributed by atoms with van der Waals surface area (Å²) >= 11 is 0. The van der Waals surface area contributed by atoms with Crippen molar-refractivity contribution in [2.75, 3.05) is 7.11 Å². The van der Waals surface area contributed by atoms with Crippen molar-refractivity contribution in [3.8, 4) is 0 Å². The summed E-state index contributed by atoms with van der Waals surface area (Å²) in [7, 11) is 1.27. The molecular formula is C9H10O4. The number of rotatable bonds is 1. The van der Waals surface area contributed by atoms with Crippen LogP contribution in [0.25, 0.3) is 0 Å².